The number of aliphatic hydroxyl groups excluding tert-OH is 1. The first-order valence-electron chi connectivity index (χ1n) is 9.87. The third-order valence-electron chi connectivity index (χ3n) is 4.72. The summed E-state index contributed by atoms with van der Waals surface area (Å²) >= 11 is 0. The highest BCUT2D eigenvalue weighted by atomic mass is 35.5. The van der Waals surface area contributed by atoms with Crippen molar-refractivity contribution in [2.75, 3.05) is 13.7 Å². The Balaban J connectivity index is 0.00000289. The predicted molar refractivity (Wildman–Crippen MR) is 123 cm³/mol. The number of aliphatic hydroxyl groups is 1. The van der Waals surface area contributed by atoms with Gasteiger partial charge >= 0.3 is 6.01 Å². The van der Waals surface area contributed by atoms with Crippen molar-refractivity contribution in [2.45, 2.75) is 12.6 Å². The maximum Gasteiger partial charge on any atom is 0.346 e. The van der Waals surface area contributed by atoms with Crippen LogP contribution in [0.3, 0.4) is 0 Å². The highest BCUT2D eigenvalue weighted by Gasteiger charge is 2.14. The molecule has 1 heterocycles. The van der Waals surface area contributed by atoms with Gasteiger partial charge in [-0.1, -0.05) is 59.7 Å². The van der Waals surface area contributed by atoms with Crippen LogP contribution in [0.2, 0.25) is 0 Å². The maximum atomic E-state index is 10.3. The van der Waals surface area contributed by atoms with Crippen LogP contribution in [-0.2, 0) is 6.54 Å². The molecule has 0 aliphatic rings. The smallest absolute Gasteiger partial charge is 0.346 e. The van der Waals surface area contributed by atoms with E-state index >= 15 is 0 Å². The summed E-state index contributed by atoms with van der Waals surface area (Å²) in [6.07, 6.45) is -0.567. The van der Waals surface area contributed by atoms with Gasteiger partial charge in [0.2, 0.25) is 0 Å². The van der Waals surface area contributed by atoms with Crippen molar-refractivity contribution in [2.24, 2.45) is 0 Å². The first-order chi connectivity index (χ1) is 15.2. The van der Waals surface area contributed by atoms with Crippen LogP contribution in [0.1, 0.15) is 17.2 Å². The quantitative estimate of drug-likeness (QED) is 0.399. The Morgan fingerprint density at radius 2 is 1.69 bits per heavy atom. The van der Waals surface area contributed by atoms with Gasteiger partial charge in [0.1, 0.15) is 0 Å². The van der Waals surface area contributed by atoms with E-state index in [9.17, 15) is 5.11 Å². The molecule has 4 aromatic rings. The third kappa shape index (κ3) is 5.61. The summed E-state index contributed by atoms with van der Waals surface area (Å²) in [5.41, 5.74) is 2.67. The summed E-state index contributed by atoms with van der Waals surface area (Å²) < 4.78 is 12.9. The van der Waals surface area contributed by atoms with Gasteiger partial charge in [-0.25, -0.2) is 0 Å². The molecule has 0 aliphatic carbocycles. The second kappa shape index (κ2) is 11.2. The van der Waals surface area contributed by atoms with Gasteiger partial charge in [0.15, 0.2) is 11.5 Å². The summed E-state index contributed by atoms with van der Waals surface area (Å²) in [6.45, 7) is 1.01. The first kappa shape index (κ1) is 23.2. The third-order valence-corrected chi connectivity index (χ3v) is 4.72. The molecule has 0 aliphatic heterocycles. The minimum atomic E-state index is -0.567. The SMILES string of the molecule is COc1cc(CNCC(O)c2ccccc2)ccc1Oc1nnnn1-c1ccccc1.Cl. The molecular formula is C23H24ClN5O3. The fourth-order valence-electron chi connectivity index (χ4n) is 3.12. The summed E-state index contributed by atoms with van der Waals surface area (Å²) in [6, 6.07) is 24.9. The summed E-state index contributed by atoms with van der Waals surface area (Å²) in [4.78, 5) is 0. The number of ether oxygens (including phenoxy) is 2. The Kier molecular flexibility index (Phi) is 8.15. The molecular weight excluding hydrogens is 430 g/mol. The monoisotopic (exact) mass is 453 g/mol. The van der Waals surface area contributed by atoms with Crippen LogP contribution >= 0.6 is 12.4 Å². The summed E-state index contributed by atoms with van der Waals surface area (Å²) in [7, 11) is 1.58. The van der Waals surface area contributed by atoms with E-state index in [1.54, 1.807) is 7.11 Å². The van der Waals surface area contributed by atoms with Gasteiger partial charge in [0.25, 0.3) is 0 Å². The molecule has 0 bridgehead atoms. The van der Waals surface area contributed by atoms with Gasteiger partial charge in [-0.3, -0.25) is 0 Å². The van der Waals surface area contributed by atoms with Gasteiger partial charge in [0.05, 0.1) is 18.9 Å². The number of nitrogens with zero attached hydrogens (tertiary/aromatic N) is 4. The van der Waals surface area contributed by atoms with Gasteiger partial charge in [-0.2, -0.15) is 4.68 Å². The molecule has 0 radical (unpaired) electrons. The number of rotatable bonds is 9. The number of para-hydroxylation sites is 1. The Morgan fingerprint density at radius 1 is 0.969 bits per heavy atom. The second-order valence-electron chi connectivity index (χ2n) is 6.85. The normalized spacial score (nSPS) is 11.4. The maximum absolute atomic E-state index is 10.3. The molecule has 3 aromatic carbocycles. The molecule has 1 unspecified atom stereocenters. The lowest BCUT2D eigenvalue weighted by atomic mass is 10.1. The second-order valence-corrected chi connectivity index (χ2v) is 6.85. The number of hydrogen-bond acceptors (Lipinski definition) is 7. The van der Waals surface area contributed by atoms with Crippen LogP contribution in [0.15, 0.2) is 78.9 Å². The Hall–Kier alpha value is -3.46. The van der Waals surface area contributed by atoms with E-state index in [0.717, 1.165) is 16.8 Å². The minimum absolute atomic E-state index is 0. The van der Waals surface area contributed by atoms with E-state index in [-0.39, 0.29) is 18.4 Å². The van der Waals surface area contributed by atoms with Crippen LogP contribution in [-0.4, -0.2) is 39.0 Å². The van der Waals surface area contributed by atoms with E-state index in [4.69, 9.17) is 9.47 Å². The number of benzene rings is 3. The molecule has 8 nitrogen and oxygen atoms in total. The first-order valence-corrected chi connectivity index (χ1v) is 9.87. The number of aromatic nitrogens is 4. The Morgan fingerprint density at radius 3 is 2.41 bits per heavy atom. The largest absolute Gasteiger partial charge is 0.493 e. The average Bonchev–Trinajstić information content (AvgIpc) is 3.29. The van der Waals surface area contributed by atoms with E-state index in [0.29, 0.717) is 24.6 Å². The molecule has 166 valence electrons. The number of hydrogen-bond donors (Lipinski definition) is 2. The van der Waals surface area contributed by atoms with Crippen molar-refractivity contribution < 1.29 is 14.6 Å². The minimum Gasteiger partial charge on any atom is -0.493 e. The van der Waals surface area contributed by atoms with Crippen molar-refractivity contribution in [1.82, 2.24) is 25.5 Å². The van der Waals surface area contributed by atoms with E-state index in [1.807, 2.05) is 78.9 Å². The fraction of sp³-hybridized carbons (Fsp3) is 0.174. The average molecular weight is 454 g/mol. The standard InChI is InChI=1S/C23H23N5O3.ClH/c1-30-22-14-17(15-24-16-20(29)18-8-4-2-5-9-18)12-13-21(22)31-23-25-26-27-28(23)19-10-6-3-7-11-19;/h2-14,20,24,29H,15-16H2,1H3;1H. The van der Waals surface area contributed by atoms with Crippen molar-refractivity contribution in [3.63, 3.8) is 0 Å². The van der Waals surface area contributed by atoms with Crippen molar-refractivity contribution in [3.05, 3.63) is 90.0 Å². The highest BCUT2D eigenvalue weighted by Crippen LogP contribution is 2.32. The zero-order chi connectivity index (χ0) is 21.5. The molecule has 0 saturated carbocycles. The molecule has 4 rings (SSSR count). The zero-order valence-electron chi connectivity index (χ0n) is 17.5. The highest BCUT2D eigenvalue weighted by molar-refractivity contribution is 5.85. The summed E-state index contributed by atoms with van der Waals surface area (Å²) in [5.74, 6) is 1.06. The van der Waals surface area contributed by atoms with Gasteiger partial charge in [-0.15, -0.1) is 12.4 Å². The Bertz CT molecular complexity index is 1110. The van der Waals surface area contributed by atoms with Crippen molar-refractivity contribution in [1.29, 1.82) is 0 Å². The van der Waals surface area contributed by atoms with Crippen molar-refractivity contribution >= 4 is 12.4 Å². The molecule has 2 N–H and O–H groups in total. The molecule has 1 aromatic heterocycles. The molecule has 0 spiro atoms. The molecule has 0 amide bonds. The van der Waals surface area contributed by atoms with E-state index in [2.05, 4.69) is 20.8 Å². The fourth-order valence-corrected chi connectivity index (χ4v) is 3.12. The van der Waals surface area contributed by atoms with Crippen LogP contribution in [0.4, 0.5) is 0 Å². The molecule has 1 atom stereocenters. The molecule has 9 heteroatoms. The molecule has 32 heavy (non-hydrogen) atoms. The van der Waals surface area contributed by atoms with Gasteiger partial charge < -0.3 is 19.9 Å². The van der Waals surface area contributed by atoms with Crippen molar-refractivity contribution in [3.8, 4) is 23.2 Å². The zero-order valence-corrected chi connectivity index (χ0v) is 18.3. The van der Waals surface area contributed by atoms with E-state index in [1.165, 1.54) is 4.68 Å². The van der Waals surface area contributed by atoms with Crippen LogP contribution in [0, 0.1) is 0 Å². The van der Waals surface area contributed by atoms with Gasteiger partial charge in [0, 0.05) is 13.1 Å². The van der Waals surface area contributed by atoms with Crippen LogP contribution in [0.25, 0.3) is 5.69 Å². The van der Waals surface area contributed by atoms with E-state index < -0.39 is 6.10 Å². The van der Waals surface area contributed by atoms with Crippen LogP contribution in [0.5, 0.6) is 17.5 Å². The van der Waals surface area contributed by atoms with Crippen LogP contribution < -0.4 is 14.8 Å². The number of tetrazole rings is 1. The topological polar surface area (TPSA) is 94.3 Å². The Labute approximate surface area is 192 Å². The lowest BCUT2D eigenvalue weighted by molar-refractivity contribution is 0.174. The van der Waals surface area contributed by atoms with Gasteiger partial charge in [-0.05, 0) is 45.8 Å². The number of nitrogens with one attached hydrogen (secondary N) is 1. The molecule has 0 saturated heterocycles. The lowest BCUT2D eigenvalue weighted by Crippen LogP contribution is -2.21. The lowest BCUT2D eigenvalue weighted by Gasteiger charge is -2.14. The number of halogens is 1. The number of methoxy groups -OCH3 is 1. The molecule has 0 fully saturated rings. The summed E-state index contributed by atoms with van der Waals surface area (Å²) in [5, 5.41) is 25.2. The predicted octanol–water partition coefficient (Wildman–Crippen LogP) is 3.71.